The van der Waals surface area contributed by atoms with Gasteiger partial charge in [0, 0.05) is 30.7 Å². The highest BCUT2D eigenvalue weighted by molar-refractivity contribution is 9.10. The van der Waals surface area contributed by atoms with E-state index in [2.05, 4.69) is 15.9 Å². The summed E-state index contributed by atoms with van der Waals surface area (Å²) in [7, 11) is 0. The molecule has 1 aromatic rings. The minimum Gasteiger partial charge on any atom is -0.336 e. The van der Waals surface area contributed by atoms with E-state index >= 15 is 0 Å². The second kappa shape index (κ2) is 6.72. The zero-order valence-electron chi connectivity index (χ0n) is 11.3. The summed E-state index contributed by atoms with van der Waals surface area (Å²) in [5.41, 5.74) is -0.183. The third kappa shape index (κ3) is 4.33. The van der Waals surface area contributed by atoms with Crippen LogP contribution in [-0.4, -0.2) is 54.6 Å². The van der Waals surface area contributed by atoms with Crippen molar-refractivity contribution in [2.75, 3.05) is 32.7 Å². The molecule has 1 aromatic carbocycles. The fourth-order valence-electron chi connectivity index (χ4n) is 2.22. The average Bonchev–Trinajstić information content (AvgIpc) is 2.41. The first kappa shape index (κ1) is 17.5. The first-order chi connectivity index (χ1) is 10.2. The zero-order chi connectivity index (χ0) is 16.5. The van der Waals surface area contributed by atoms with Crippen molar-refractivity contribution in [1.29, 1.82) is 0 Å². The van der Waals surface area contributed by atoms with E-state index in [9.17, 15) is 22.4 Å². The lowest BCUT2D eigenvalue weighted by Crippen LogP contribution is -2.51. The molecule has 0 aliphatic carbocycles. The largest absolute Gasteiger partial charge is 0.401 e. The lowest BCUT2D eigenvalue weighted by Gasteiger charge is -2.35. The molecular formula is C13H12BrClF4N2O. The standard InChI is InChI=1S/C13H12BrClF4N2O/c14-9-6-11(16)8(5-10(9)15)12(22)21-3-1-20(2-4-21)7-13(17,18)19/h5-6H,1-4,7H2. The maximum Gasteiger partial charge on any atom is 0.401 e. The van der Waals surface area contributed by atoms with Gasteiger partial charge in [-0.25, -0.2) is 4.39 Å². The molecule has 1 fully saturated rings. The van der Waals surface area contributed by atoms with Crippen LogP contribution in [0, 0.1) is 5.82 Å². The zero-order valence-corrected chi connectivity index (χ0v) is 13.6. The number of alkyl halides is 3. The van der Waals surface area contributed by atoms with Gasteiger partial charge in [-0.05, 0) is 28.1 Å². The van der Waals surface area contributed by atoms with Gasteiger partial charge in [0.15, 0.2) is 0 Å². The van der Waals surface area contributed by atoms with Crippen LogP contribution in [0.3, 0.4) is 0 Å². The quantitative estimate of drug-likeness (QED) is 0.557. The highest BCUT2D eigenvalue weighted by Gasteiger charge is 2.33. The van der Waals surface area contributed by atoms with Crippen LogP contribution in [-0.2, 0) is 0 Å². The molecule has 3 nitrogen and oxygen atoms in total. The lowest BCUT2D eigenvalue weighted by atomic mass is 10.1. The first-order valence-electron chi connectivity index (χ1n) is 6.40. The number of halogens is 6. The number of benzene rings is 1. The van der Waals surface area contributed by atoms with Gasteiger partial charge >= 0.3 is 6.18 Å². The number of carbonyl (C=O) groups excluding carboxylic acids is 1. The summed E-state index contributed by atoms with van der Waals surface area (Å²) in [4.78, 5) is 14.8. The van der Waals surface area contributed by atoms with Crippen LogP contribution in [0.15, 0.2) is 16.6 Å². The molecule has 1 amide bonds. The Bertz CT molecular complexity index is 574. The fourth-order valence-corrected chi connectivity index (χ4v) is 2.70. The minimum absolute atomic E-state index is 0.0944. The van der Waals surface area contributed by atoms with Crippen LogP contribution in [0.1, 0.15) is 10.4 Å². The Kier molecular flexibility index (Phi) is 5.34. The first-order valence-corrected chi connectivity index (χ1v) is 7.57. The van der Waals surface area contributed by atoms with E-state index in [-0.39, 0.29) is 36.8 Å². The van der Waals surface area contributed by atoms with Crippen molar-refractivity contribution in [2.24, 2.45) is 0 Å². The van der Waals surface area contributed by atoms with E-state index in [0.717, 1.165) is 6.07 Å². The topological polar surface area (TPSA) is 23.6 Å². The third-order valence-corrected chi connectivity index (χ3v) is 4.50. The maximum absolute atomic E-state index is 13.8. The third-order valence-electron chi connectivity index (χ3n) is 3.30. The molecule has 0 atom stereocenters. The SMILES string of the molecule is O=C(c1cc(Cl)c(Br)cc1F)N1CCN(CC(F)(F)F)CC1. The molecule has 1 heterocycles. The summed E-state index contributed by atoms with van der Waals surface area (Å²) < 4.78 is 51.1. The molecule has 122 valence electrons. The van der Waals surface area contributed by atoms with E-state index in [4.69, 9.17) is 11.6 Å². The van der Waals surface area contributed by atoms with Crippen LogP contribution in [0.5, 0.6) is 0 Å². The van der Waals surface area contributed by atoms with Crippen molar-refractivity contribution >= 4 is 33.4 Å². The second-order valence-electron chi connectivity index (χ2n) is 4.93. The maximum atomic E-state index is 13.8. The van der Waals surface area contributed by atoms with Crippen LogP contribution < -0.4 is 0 Å². The van der Waals surface area contributed by atoms with Crippen molar-refractivity contribution < 1.29 is 22.4 Å². The molecule has 0 bridgehead atoms. The van der Waals surface area contributed by atoms with E-state index in [1.807, 2.05) is 0 Å². The highest BCUT2D eigenvalue weighted by atomic mass is 79.9. The van der Waals surface area contributed by atoms with Gasteiger partial charge in [-0.3, -0.25) is 9.69 Å². The predicted octanol–water partition coefficient (Wildman–Crippen LogP) is 3.56. The van der Waals surface area contributed by atoms with Gasteiger partial charge in [0.05, 0.1) is 17.1 Å². The monoisotopic (exact) mass is 402 g/mol. The number of hydrogen-bond acceptors (Lipinski definition) is 2. The molecule has 0 radical (unpaired) electrons. The molecule has 9 heteroatoms. The number of rotatable bonds is 2. The summed E-state index contributed by atoms with van der Waals surface area (Å²) in [6, 6.07) is 2.31. The van der Waals surface area contributed by atoms with E-state index in [0.29, 0.717) is 4.47 Å². The van der Waals surface area contributed by atoms with Gasteiger partial charge in [0.1, 0.15) is 5.82 Å². The number of nitrogens with zero attached hydrogens (tertiary/aromatic N) is 2. The van der Waals surface area contributed by atoms with Crippen LogP contribution in [0.4, 0.5) is 17.6 Å². The van der Waals surface area contributed by atoms with Crippen molar-refractivity contribution in [3.8, 4) is 0 Å². The van der Waals surface area contributed by atoms with E-state index in [1.54, 1.807) is 0 Å². The molecule has 0 spiro atoms. The smallest absolute Gasteiger partial charge is 0.336 e. The number of hydrogen-bond donors (Lipinski definition) is 0. The Balaban J connectivity index is 2.03. The van der Waals surface area contributed by atoms with Crippen molar-refractivity contribution in [3.63, 3.8) is 0 Å². The van der Waals surface area contributed by atoms with Crippen LogP contribution in [0.25, 0.3) is 0 Å². The van der Waals surface area contributed by atoms with Crippen LogP contribution >= 0.6 is 27.5 Å². The summed E-state index contributed by atoms with van der Waals surface area (Å²) >= 11 is 8.90. The summed E-state index contributed by atoms with van der Waals surface area (Å²) in [6.45, 7) is -0.591. The summed E-state index contributed by atoms with van der Waals surface area (Å²) in [5.74, 6) is -1.29. The van der Waals surface area contributed by atoms with Gasteiger partial charge in [-0.1, -0.05) is 11.6 Å². The van der Waals surface area contributed by atoms with Crippen molar-refractivity contribution in [3.05, 3.63) is 33.0 Å². The minimum atomic E-state index is -4.27. The van der Waals surface area contributed by atoms with Crippen molar-refractivity contribution in [1.82, 2.24) is 9.80 Å². The predicted molar refractivity (Wildman–Crippen MR) is 77.5 cm³/mol. The Morgan fingerprint density at radius 2 is 1.82 bits per heavy atom. The Morgan fingerprint density at radius 1 is 1.23 bits per heavy atom. The second-order valence-corrected chi connectivity index (χ2v) is 6.19. The van der Waals surface area contributed by atoms with E-state index < -0.39 is 24.4 Å². The highest BCUT2D eigenvalue weighted by Crippen LogP contribution is 2.26. The average molecular weight is 404 g/mol. The normalized spacial score (nSPS) is 16.9. The molecule has 0 aromatic heterocycles. The summed E-state index contributed by atoms with van der Waals surface area (Å²) in [6.07, 6.45) is -4.27. The molecule has 0 saturated carbocycles. The van der Waals surface area contributed by atoms with Gasteiger partial charge in [0.25, 0.3) is 5.91 Å². The van der Waals surface area contributed by atoms with Gasteiger partial charge in [0.2, 0.25) is 0 Å². The number of piperazine rings is 1. The molecular weight excluding hydrogens is 392 g/mol. The Hall–Kier alpha value is -0.860. The van der Waals surface area contributed by atoms with Gasteiger partial charge in [-0.15, -0.1) is 0 Å². The Morgan fingerprint density at radius 3 is 2.36 bits per heavy atom. The molecule has 0 unspecified atom stereocenters. The lowest BCUT2D eigenvalue weighted by molar-refractivity contribution is -0.148. The molecule has 1 aliphatic rings. The van der Waals surface area contributed by atoms with Crippen molar-refractivity contribution in [2.45, 2.75) is 6.18 Å². The number of amides is 1. The Labute approximate surface area is 137 Å². The van der Waals surface area contributed by atoms with Crippen LogP contribution in [0.2, 0.25) is 5.02 Å². The number of carbonyl (C=O) groups is 1. The molecule has 1 aliphatic heterocycles. The summed E-state index contributed by atoms with van der Waals surface area (Å²) in [5, 5.41) is 0.195. The van der Waals surface area contributed by atoms with Gasteiger partial charge < -0.3 is 4.90 Å². The van der Waals surface area contributed by atoms with E-state index in [1.165, 1.54) is 15.9 Å². The fraction of sp³-hybridized carbons (Fsp3) is 0.462. The van der Waals surface area contributed by atoms with Gasteiger partial charge in [-0.2, -0.15) is 13.2 Å². The molecule has 2 rings (SSSR count). The molecule has 1 saturated heterocycles. The molecule has 22 heavy (non-hydrogen) atoms. The molecule has 0 N–H and O–H groups in total.